The lowest BCUT2D eigenvalue weighted by atomic mass is 10.0. The highest BCUT2D eigenvalue weighted by Crippen LogP contribution is 2.41. The van der Waals surface area contributed by atoms with Crippen LogP contribution >= 0.6 is 11.3 Å². The van der Waals surface area contributed by atoms with Crippen LogP contribution in [0.25, 0.3) is 32.3 Å². The zero-order chi connectivity index (χ0) is 25.3. The Labute approximate surface area is 206 Å². The molecule has 180 valence electrons. The first-order valence-electron chi connectivity index (χ1n) is 10.6. The number of carbonyl (C=O) groups is 1. The quantitative estimate of drug-likeness (QED) is 0.253. The summed E-state index contributed by atoms with van der Waals surface area (Å²) in [5.41, 5.74) is 9.33. The molecule has 0 saturated carbocycles. The fraction of sp³-hybridized carbons (Fsp3) is 0.0400. The summed E-state index contributed by atoms with van der Waals surface area (Å²) in [5, 5.41) is 7.83. The van der Waals surface area contributed by atoms with Crippen LogP contribution in [0, 0.1) is 0 Å². The number of benzene rings is 2. The number of nitrogen functional groups attached to an aromatic ring is 1. The molecule has 2 amide bonds. The summed E-state index contributed by atoms with van der Waals surface area (Å²) in [7, 11) is 0. The lowest BCUT2D eigenvalue weighted by Gasteiger charge is -2.11. The molecular formula is C25H17F3N6OS. The van der Waals surface area contributed by atoms with Crippen molar-refractivity contribution in [2.45, 2.75) is 6.18 Å². The predicted molar refractivity (Wildman–Crippen MR) is 135 cm³/mol. The van der Waals surface area contributed by atoms with Crippen molar-refractivity contribution in [3.05, 3.63) is 84.4 Å². The maximum Gasteiger partial charge on any atom is 0.416 e. The van der Waals surface area contributed by atoms with Gasteiger partial charge in [-0.3, -0.25) is 0 Å². The second-order valence-corrected chi connectivity index (χ2v) is 8.65. The van der Waals surface area contributed by atoms with Crippen LogP contribution in [0.5, 0.6) is 0 Å². The first kappa shape index (κ1) is 23.2. The van der Waals surface area contributed by atoms with Gasteiger partial charge in [0, 0.05) is 56.7 Å². The third-order valence-corrected chi connectivity index (χ3v) is 6.41. The number of urea groups is 1. The van der Waals surface area contributed by atoms with Gasteiger partial charge in [0.2, 0.25) is 0 Å². The minimum Gasteiger partial charge on any atom is -0.383 e. The lowest BCUT2D eigenvalue weighted by molar-refractivity contribution is -0.137. The molecule has 0 unspecified atom stereocenters. The number of amides is 2. The average Bonchev–Trinajstić information content (AvgIpc) is 3.31. The van der Waals surface area contributed by atoms with Gasteiger partial charge in [0.15, 0.2) is 0 Å². The summed E-state index contributed by atoms with van der Waals surface area (Å²) in [4.78, 5) is 24.8. The minimum absolute atomic E-state index is 0.0336. The van der Waals surface area contributed by atoms with E-state index in [1.54, 1.807) is 30.7 Å². The summed E-state index contributed by atoms with van der Waals surface area (Å²) in [6.45, 7) is 0. The van der Waals surface area contributed by atoms with Gasteiger partial charge in [0.25, 0.3) is 0 Å². The van der Waals surface area contributed by atoms with Crippen LogP contribution in [0.4, 0.5) is 35.2 Å². The van der Waals surface area contributed by atoms with E-state index in [0.29, 0.717) is 11.5 Å². The maximum atomic E-state index is 12.9. The van der Waals surface area contributed by atoms with E-state index >= 15 is 0 Å². The Kier molecular flexibility index (Phi) is 5.98. The Morgan fingerprint density at radius 1 is 0.889 bits per heavy atom. The zero-order valence-corrected chi connectivity index (χ0v) is 19.2. The van der Waals surface area contributed by atoms with Gasteiger partial charge < -0.3 is 16.4 Å². The summed E-state index contributed by atoms with van der Waals surface area (Å²) in [5.74, 6) is 0.393. The number of halogens is 3. The van der Waals surface area contributed by atoms with E-state index in [-0.39, 0.29) is 5.69 Å². The number of hydrogen-bond donors (Lipinski definition) is 3. The Balaban J connectivity index is 1.36. The largest absolute Gasteiger partial charge is 0.416 e. The Bertz CT molecular complexity index is 1550. The molecule has 5 aromatic rings. The molecule has 0 fully saturated rings. The molecule has 7 nitrogen and oxygen atoms in total. The van der Waals surface area contributed by atoms with Crippen LogP contribution in [0.3, 0.4) is 0 Å². The van der Waals surface area contributed by atoms with Gasteiger partial charge in [-0.1, -0.05) is 18.2 Å². The van der Waals surface area contributed by atoms with Crippen molar-refractivity contribution >= 4 is 44.6 Å². The van der Waals surface area contributed by atoms with Crippen LogP contribution in [0.15, 0.2) is 78.8 Å². The molecule has 0 aliphatic carbocycles. The summed E-state index contributed by atoms with van der Waals surface area (Å²) < 4.78 is 39.6. The van der Waals surface area contributed by atoms with Crippen molar-refractivity contribution in [1.82, 2.24) is 15.0 Å². The number of carbonyl (C=O) groups excluding carboxylic acids is 1. The molecule has 0 radical (unpaired) electrons. The molecule has 0 aliphatic rings. The van der Waals surface area contributed by atoms with Crippen molar-refractivity contribution < 1.29 is 18.0 Å². The molecule has 0 bridgehead atoms. The highest BCUT2D eigenvalue weighted by Gasteiger charge is 2.30. The van der Waals surface area contributed by atoms with Crippen molar-refractivity contribution in [3.8, 4) is 22.3 Å². The molecule has 36 heavy (non-hydrogen) atoms. The van der Waals surface area contributed by atoms with E-state index in [4.69, 9.17) is 5.73 Å². The van der Waals surface area contributed by atoms with Crippen molar-refractivity contribution in [2.24, 2.45) is 0 Å². The number of hydrogen-bond acceptors (Lipinski definition) is 6. The molecule has 0 aliphatic heterocycles. The number of thiophene rings is 1. The number of alkyl halides is 3. The molecule has 3 heterocycles. The average molecular weight is 507 g/mol. The van der Waals surface area contributed by atoms with Crippen LogP contribution < -0.4 is 16.4 Å². The first-order valence-corrected chi connectivity index (χ1v) is 11.4. The topological polar surface area (TPSA) is 106 Å². The third kappa shape index (κ3) is 4.68. The Morgan fingerprint density at radius 3 is 2.33 bits per heavy atom. The van der Waals surface area contributed by atoms with Crippen LogP contribution in [0.2, 0.25) is 0 Å². The number of aromatic nitrogens is 3. The van der Waals surface area contributed by atoms with Crippen LogP contribution in [-0.2, 0) is 6.18 Å². The standard InChI is InChI=1S/C25H17F3N6OS/c26-25(27,28)16-2-1-3-18(8-16)34-24(35)33-17-6-4-14(5-7-17)20-12-36-22-19(11-32-23(29)21(20)22)15-9-30-13-31-10-15/h1-13H,(H2,29,32)(H2,33,34,35). The number of fused-ring (bicyclic) bond motifs is 1. The first-order chi connectivity index (χ1) is 17.3. The molecule has 11 heteroatoms. The fourth-order valence-corrected chi connectivity index (χ4v) is 4.84. The number of anilines is 3. The molecule has 3 aromatic heterocycles. The molecule has 5 rings (SSSR count). The number of nitrogens with one attached hydrogen (secondary N) is 2. The number of rotatable bonds is 4. The van der Waals surface area contributed by atoms with E-state index in [0.717, 1.165) is 44.5 Å². The smallest absolute Gasteiger partial charge is 0.383 e. The van der Waals surface area contributed by atoms with E-state index in [1.807, 2.05) is 17.5 Å². The summed E-state index contributed by atoms with van der Waals surface area (Å²) in [6, 6.07) is 10.8. The van der Waals surface area contributed by atoms with Gasteiger partial charge in [-0.2, -0.15) is 13.2 Å². The molecule has 4 N–H and O–H groups in total. The summed E-state index contributed by atoms with van der Waals surface area (Å²) in [6.07, 6.45) is 2.09. The Hall–Kier alpha value is -4.51. The van der Waals surface area contributed by atoms with E-state index in [2.05, 4.69) is 25.6 Å². The summed E-state index contributed by atoms with van der Waals surface area (Å²) >= 11 is 1.53. The zero-order valence-electron chi connectivity index (χ0n) is 18.4. The monoisotopic (exact) mass is 506 g/mol. The van der Waals surface area contributed by atoms with E-state index in [9.17, 15) is 18.0 Å². The molecule has 0 atom stereocenters. The highest BCUT2D eigenvalue weighted by molar-refractivity contribution is 7.18. The van der Waals surface area contributed by atoms with Crippen molar-refractivity contribution in [1.29, 1.82) is 0 Å². The molecular weight excluding hydrogens is 489 g/mol. The second kappa shape index (κ2) is 9.27. The lowest BCUT2D eigenvalue weighted by Crippen LogP contribution is -2.19. The third-order valence-electron chi connectivity index (χ3n) is 5.40. The number of nitrogens with zero attached hydrogens (tertiary/aromatic N) is 3. The van der Waals surface area contributed by atoms with Gasteiger partial charge in [0.1, 0.15) is 12.1 Å². The SMILES string of the molecule is Nc1ncc(-c2cncnc2)c2scc(-c3ccc(NC(=O)Nc4cccc(C(F)(F)F)c4)cc3)c12. The maximum absolute atomic E-state index is 12.9. The second-order valence-electron chi connectivity index (χ2n) is 7.77. The molecule has 0 spiro atoms. The van der Waals surface area contributed by atoms with E-state index < -0.39 is 17.8 Å². The van der Waals surface area contributed by atoms with Crippen LogP contribution in [-0.4, -0.2) is 21.0 Å². The fourth-order valence-electron chi connectivity index (χ4n) is 3.72. The highest BCUT2D eigenvalue weighted by atomic mass is 32.1. The predicted octanol–water partition coefficient (Wildman–Crippen LogP) is 6.67. The normalized spacial score (nSPS) is 11.4. The van der Waals surface area contributed by atoms with Gasteiger partial charge >= 0.3 is 12.2 Å². The van der Waals surface area contributed by atoms with Gasteiger partial charge in [-0.25, -0.2) is 19.7 Å². The van der Waals surface area contributed by atoms with Crippen molar-refractivity contribution in [3.63, 3.8) is 0 Å². The van der Waals surface area contributed by atoms with Crippen molar-refractivity contribution in [2.75, 3.05) is 16.4 Å². The number of pyridine rings is 1. The van der Waals surface area contributed by atoms with Crippen LogP contribution in [0.1, 0.15) is 5.56 Å². The van der Waals surface area contributed by atoms with Gasteiger partial charge in [-0.15, -0.1) is 11.3 Å². The van der Waals surface area contributed by atoms with Gasteiger partial charge in [0.05, 0.1) is 5.56 Å². The molecule has 2 aromatic carbocycles. The minimum atomic E-state index is -4.50. The van der Waals surface area contributed by atoms with E-state index in [1.165, 1.54) is 29.8 Å². The van der Waals surface area contributed by atoms with Gasteiger partial charge in [-0.05, 0) is 41.3 Å². The Morgan fingerprint density at radius 2 is 1.61 bits per heavy atom. The number of nitrogens with two attached hydrogens (primary N) is 1. The molecule has 0 saturated heterocycles.